The lowest BCUT2D eigenvalue weighted by Crippen LogP contribution is -2.30. The fraction of sp³-hybridized carbons (Fsp3) is 0.219. The van der Waals surface area contributed by atoms with Crippen molar-refractivity contribution in [1.82, 2.24) is 5.32 Å². The first kappa shape index (κ1) is 28.2. The summed E-state index contributed by atoms with van der Waals surface area (Å²) in [6, 6.07) is 23.9. The molecule has 0 spiro atoms. The summed E-state index contributed by atoms with van der Waals surface area (Å²) < 4.78 is 16.1. The molecule has 1 heterocycles. The number of amides is 2. The third kappa shape index (κ3) is 6.77. The molecule has 0 aliphatic carbocycles. The molecule has 1 aliphatic rings. The summed E-state index contributed by atoms with van der Waals surface area (Å²) in [5, 5.41) is 2.85. The lowest BCUT2D eigenvalue weighted by molar-refractivity contribution is -0.138. The summed E-state index contributed by atoms with van der Waals surface area (Å²) in [5.74, 6) is 0.0599. The largest absolute Gasteiger partial charge is 0.497 e. The average molecular weight is 541 g/mol. The van der Waals surface area contributed by atoms with Crippen LogP contribution in [0.3, 0.4) is 0 Å². The van der Waals surface area contributed by atoms with Crippen molar-refractivity contribution in [3.63, 3.8) is 0 Å². The van der Waals surface area contributed by atoms with Crippen molar-refractivity contribution >= 4 is 29.5 Å². The Morgan fingerprint density at radius 3 is 2.25 bits per heavy atom. The smallest absolute Gasteiger partial charge is 0.340 e. The lowest BCUT2D eigenvalue weighted by Gasteiger charge is -2.18. The molecule has 4 rings (SSSR count). The Morgan fingerprint density at radius 2 is 1.60 bits per heavy atom. The maximum absolute atomic E-state index is 13.5. The van der Waals surface area contributed by atoms with Crippen LogP contribution in [0.5, 0.6) is 11.5 Å². The van der Waals surface area contributed by atoms with Gasteiger partial charge in [-0.25, -0.2) is 4.79 Å². The van der Waals surface area contributed by atoms with Gasteiger partial charge >= 0.3 is 5.97 Å². The minimum atomic E-state index is -0.561. The zero-order chi connectivity index (χ0) is 28.5. The fourth-order valence-electron chi connectivity index (χ4n) is 4.34. The molecule has 2 amide bonds. The molecule has 1 aliphatic heterocycles. The van der Waals surface area contributed by atoms with Crippen molar-refractivity contribution < 1.29 is 28.6 Å². The standard InChI is InChI=1S/C32H32N2O6/c1-4-39-32(37)30-22(2)34(25-12-16-26(38-3)17-13-25)31(36)28(30)20-24-10-14-27(15-11-24)40-21-29(35)33-19-18-23-8-6-5-7-9-23/h5-17,20H,4,18-19,21H2,1-3H3,(H,33,35)/b28-20-. The topological polar surface area (TPSA) is 94.2 Å². The number of esters is 1. The van der Waals surface area contributed by atoms with Gasteiger partial charge in [-0.1, -0.05) is 42.5 Å². The quantitative estimate of drug-likeness (QED) is 0.280. The van der Waals surface area contributed by atoms with Crippen LogP contribution in [-0.2, 0) is 25.5 Å². The molecule has 0 bridgehead atoms. The second-order valence-electron chi connectivity index (χ2n) is 9.02. The number of hydrogen-bond acceptors (Lipinski definition) is 6. The van der Waals surface area contributed by atoms with Gasteiger partial charge < -0.3 is 19.5 Å². The molecule has 0 unspecified atom stereocenters. The van der Waals surface area contributed by atoms with E-state index in [1.54, 1.807) is 75.6 Å². The van der Waals surface area contributed by atoms with Crippen LogP contribution in [0, 0.1) is 0 Å². The van der Waals surface area contributed by atoms with Crippen molar-refractivity contribution in [2.75, 3.05) is 31.8 Å². The van der Waals surface area contributed by atoms with Gasteiger partial charge in [-0.05, 0) is 73.9 Å². The monoisotopic (exact) mass is 540 g/mol. The van der Waals surface area contributed by atoms with Gasteiger partial charge in [0.2, 0.25) is 0 Å². The second-order valence-corrected chi connectivity index (χ2v) is 9.02. The molecule has 8 heteroatoms. The number of allylic oxidation sites excluding steroid dienone is 1. The predicted octanol–water partition coefficient (Wildman–Crippen LogP) is 4.70. The van der Waals surface area contributed by atoms with Gasteiger partial charge in [0.1, 0.15) is 11.5 Å². The summed E-state index contributed by atoms with van der Waals surface area (Å²) in [5.41, 5.74) is 3.39. The van der Waals surface area contributed by atoms with E-state index in [1.807, 2.05) is 30.3 Å². The molecule has 1 N–H and O–H groups in total. The molecule has 0 aromatic heterocycles. The van der Waals surface area contributed by atoms with Crippen molar-refractivity contribution in [3.8, 4) is 11.5 Å². The fourth-order valence-corrected chi connectivity index (χ4v) is 4.34. The van der Waals surface area contributed by atoms with Gasteiger partial charge in [-0.2, -0.15) is 0 Å². The molecular formula is C32H32N2O6. The number of rotatable bonds is 11. The number of anilines is 1. The molecular weight excluding hydrogens is 508 g/mol. The first-order valence-electron chi connectivity index (χ1n) is 13.0. The van der Waals surface area contributed by atoms with Gasteiger partial charge in [0.25, 0.3) is 11.8 Å². The number of hydrogen-bond donors (Lipinski definition) is 1. The third-order valence-corrected chi connectivity index (χ3v) is 6.35. The third-order valence-electron chi connectivity index (χ3n) is 6.35. The van der Waals surface area contributed by atoms with Crippen LogP contribution in [0.2, 0.25) is 0 Å². The zero-order valence-corrected chi connectivity index (χ0v) is 22.8. The first-order valence-corrected chi connectivity index (χ1v) is 13.0. The van der Waals surface area contributed by atoms with Crippen molar-refractivity contribution in [2.45, 2.75) is 20.3 Å². The van der Waals surface area contributed by atoms with Gasteiger partial charge in [0.05, 0.1) is 24.9 Å². The highest BCUT2D eigenvalue weighted by atomic mass is 16.5. The van der Waals surface area contributed by atoms with Crippen molar-refractivity contribution in [3.05, 3.63) is 107 Å². The normalized spacial score (nSPS) is 13.9. The number of carbonyl (C=O) groups is 3. The molecule has 3 aromatic rings. The molecule has 3 aromatic carbocycles. The highest BCUT2D eigenvalue weighted by molar-refractivity contribution is 6.23. The molecule has 0 saturated carbocycles. The summed E-state index contributed by atoms with van der Waals surface area (Å²) >= 11 is 0. The summed E-state index contributed by atoms with van der Waals surface area (Å²) in [6.07, 6.45) is 2.40. The molecule has 0 radical (unpaired) electrons. The number of benzene rings is 3. The van der Waals surface area contributed by atoms with Crippen molar-refractivity contribution in [2.24, 2.45) is 0 Å². The molecule has 0 saturated heterocycles. The maximum atomic E-state index is 13.5. The summed E-state index contributed by atoms with van der Waals surface area (Å²) in [7, 11) is 1.57. The van der Waals surface area contributed by atoms with Gasteiger partial charge in [0.15, 0.2) is 6.61 Å². The minimum Gasteiger partial charge on any atom is -0.497 e. The van der Waals surface area contributed by atoms with E-state index in [4.69, 9.17) is 14.2 Å². The van der Waals surface area contributed by atoms with E-state index in [1.165, 1.54) is 4.90 Å². The average Bonchev–Trinajstić information content (AvgIpc) is 3.22. The van der Waals surface area contributed by atoms with Crippen LogP contribution in [0.1, 0.15) is 25.0 Å². The number of ether oxygens (including phenoxy) is 3. The number of methoxy groups -OCH3 is 1. The van der Waals surface area contributed by atoms with E-state index < -0.39 is 5.97 Å². The summed E-state index contributed by atoms with van der Waals surface area (Å²) in [6.45, 7) is 4.04. The van der Waals surface area contributed by atoms with Crippen LogP contribution < -0.4 is 19.7 Å². The Labute approximate surface area is 233 Å². The van der Waals surface area contributed by atoms with E-state index in [0.717, 1.165) is 12.0 Å². The Hall–Kier alpha value is -4.85. The van der Waals surface area contributed by atoms with Gasteiger partial charge in [0, 0.05) is 17.9 Å². The Balaban J connectivity index is 1.44. The highest BCUT2D eigenvalue weighted by Crippen LogP contribution is 2.36. The Bertz CT molecular complexity index is 1410. The SMILES string of the molecule is CCOC(=O)C1=C(C)N(c2ccc(OC)cc2)C(=O)/C1=C\c1ccc(OCC(=O)NCCc2ccccc2)cc1. The predicted molar refractivity (Wildman–Crippen MR) is 153 cm³/mol. The van der Waals surface area contributed by atoms with Crippen LogP contribution in [-0.4, -0.2) is 44.7 Å². The van der Waals surface area contributed by atoms with Crippen LogP contribution in [0.15, 0.2) is 95.7 Å². The Kier molecular flexibility index (Phi) is 9.35. The molecule has 8 nitrogen and oxygen atoms in total. The van der Waals surface area contributed by atoms with E-state index in [0.29, 0.717) is 35.0 Å². The summed E-state index contributed by atoms with van der Waals surface area (Å²) in [4.78, 5) is 40.0. The van der Waals surface area contributed by atoms with E-state index in [-0.39, 0.29) is 36.2 Å². The maximum Gasteiger partial charge on any atom is 0.340 e. The van der Waals surface area contributed by atoms with Crippen molar-refractivity contribution in [1.29, 1.82) is 0 Å². The molecule has 0 atom stereocenters. The highest BCUT2D eigenvalue weighted by Gasteiger charge is 2.38. The van der Waals surface area contributed by atoms with Crippen LogP contribution in [0.4, 0.5) is 5.69 Å². The van der Waals surface area contributed by atoms with E-state index in [9.17, 15) is 14.4 Å². The first-order chi connectivity index (χ1) is 19.4. The molecule has 0 fully saturated rings. The zero-order valence-electron chi connectivity index (χ0n) is 22.8. The number of nitrogens with zero attached hydrogens (tertiary/aromatic N) is 1. The van der Waals surface area contributed by atoms with Gasteiger partial charge in [-0.3, -0.25) is 14.5 Å². The van der Waals surface area contributed by atoms with E-state index >= 15 is 0 Å². The number of carbonyl (C=O) groups excluding carboxylic acids is 3. The van der Waals surface area contributed by atoms with Gasteiger partial charge in [-0.15, -0.1) is 0 Å². The lowest BCUT2D eigenvalue weighted by atomic mass is 10.0. The van der Waals surface area contributed by atoms with Crippen LogP contribution >= 0.6 is 0 Å². The molecule has 40 heavy (non-hydrogen) atoms. The second kappa shape index (κ2) is 13.3. The minimum absolute atomic E-state index is 0.112. The Morgan fingerprint density at radius 1 is 0.925 bits per heavy atom. The van der Waals surface area contributed by atoms with Crippen LogP contribution in [0.25, 0.3) is 6.08 Å². The number of nitrogens with one attached hydrogen (secondary N) is 1. The molecule has 206 valence electrons. The van der Waals surface area contributed by atoms with E-state index in [2.05, 4.69) is 5.32 Å².